The normalized spacial score (nSPS) is 16.6. The molecule has 0 spiro atoms. The fraction of sp³-hybridized carbons (Fsp3) is 0.538. The lowest BCUT2D eigenvalue weighted by atomic mass is 9.90. The van der Waals surface area contributed by atoms with Crippen LogP contribution in [0.3, 0.4) is 0 Å². The number of aryl methyl sites for hydroxylation is 1. The molecule has 0 bridgehead atoms. The number of hydrogen-bond acceptors (Lipinski definition) is 3. The quantitative estimate of drug-likeness (QED) is 0.719. The molecule has 0 amide bonds. The standard InChI is InChI=1S/C13H19NO2/c15-9-11(16)8-14-13-7-3-5-10-4-1-2-6-12(10)13/h3,5,7,11,14-16H,1-2,4,6,8-9H2. The zero-order valence-corrected chi connectivity index (χ0v) is 9.45. The van der Waals surface area contributed by atoms with E-state index in [0.29, 0.717) is 6.54 Å². The number of aliphatic hydroxyl groups is 2. The summed E-state index contributed by atoms with van der Waals surface area (Å²) in [4.78, 5) is 0. The Morgan fingerprint density at radius 3 is 2.88 bits per heavy atom. The average Bonchev–Trinajstić information content (AvgIpc) is 2.35. The van der Waals surface area contributed by atoms with Gasteiger partial charge in [-0.1, -0.05) is 12.1 Å². The van der Waals surface area contributed by atoms with Gasteiger partial charge in [0.05, 0.1) is 12.7 Å². The highest BCUT2D eigenvalue weighted by Crippen LogP contribution is 2.27. The molecular weight excluding hydrogens is 202 g/mol. The Hall–Kier alpha value is -1.06. The second kappa shape index (κ2) is 5.32. The third-order valence-corrected chi connectivity index (χ3v) is 3.13. The van der Waals surface area contributed by atoms with Crippen molar-refractivity contribution in [3.63, 3.8) is 0 Å². The molecule has 1 aromatic carbocycles. The molecule has 16 heavy (non-hydrogen) atoms. The minimum absolute atomic E-state index is 0.192. The summed E-state index contributed by atoms with van der Waals surface area (Å²) in [7, 11) is 0. The summed E-state index contributed by atoms with van der Waals surface area (Å²) in [5, 5.41) is 21.3. The Kier molecular flexibility index (Phi) is 3.80. The third kappa shape index (κ3) is 2.54. The summed E-state index contributed by atoms with van der Waals surface area (Å²) < 4.78 is 0. The largest absolute Gasteiger partial charge is 0.394 e. The predicted molar refractivity (Wildman–Crippen MR) is 64.7 cm³/mol. The zero-order chi connectivity index (χ0) is 11.4. The van der Waals surface area contributed by atoms with E-state index in [4.69, 9.17) is 5.11 Å². The molecule has 1 aromatic rings. The van der Waals surface area contributed by atoms with Crippen LogP contribution in [0.4, 0.5) is 5.69 Å². The van der Waals surface area contributed by atoms with Gasteiger partial charge in [0.25, 0.3) is 0 Å². The molecule has 1 aliphatic carbocycles. The zero-order valence-electron chi connectivity index (χ0n) is 9.45. The fourth-order valence-electron chi connectivity index (χ4n) is 2.24. The van der Waals surface area contributed by atoms with Gasteiger partial charge < -0.3 is 15.5 Å². The van der Waals surface area contributed by atoms with E-state index in [2.05, 4.69) is 17.4 Å². The molecule has 0 radical (unpaired) electrons. The van der Waals surface area contributed by atoms with Crippen molar-refractivity contribution in [1.82, 2.24) is 0 Å². The van der Waals surface area contributed by atoms with Crippen LogP contribution in [0, 0.1) is 0 Å². The van der Waals surface area contributed by atoms with Crippen LogP contribution in [0.25, 0.3) is 0 Å². The summed E-state index contributed by atoms with van der Waals surface area (Å²) in [6.07, 6.45) is 4.12. The molecule has 3 N–H and O–H groups in total. The van der Waals surface area contributed by atoms with Crippen LogP contribution >= 0.6 is 0 Å². The van der Waals surface area contributed by atoms with Crippen LogP contribution in [-0.4, -0.2) is 29.5 Å². The summed E-state index contributed by atoms with van der Waals surface area (Å²) in [5.41, 5.74) is 3.93. The van der Waals surface area contributed by atoms with Gasteiger partial charge in [0.15, 0.2) is 0 Å². The Balaban J connectivity index is 2.08. The monoisotopic (exact) mass is 221 g/mol. The van der Waals surface area contributed by atoms with E-state index in [1.165, 1.54) is 24.0 Å². The van der Waals surface area contributed by atoms with Crippen molar-refractivity contribution in [2.45, 2.75) is 31.8 Å². The van der Waals surface area contributed by atoms with E-state index >= 15 is 0 Å². The topological polar surface area (TPSA) is 52.5 Å². The number of benzene rings is 1. The van der Waals surface area contributed by atoms with Gasteiger partial charge in [-0.15, -0.1) is 0 Å². The molecule has 1 unspecified atom stereocenters. The second-order valence-corrected chi connectivity index (χ2v) is 4.37. The maximum absolute atomic E-state index is 9.31. The highest BCUT2D eigenvalue weighted by molar-refractivity contribution is 5.55. The van der Waals surface area contributed by atoms with Crippen molar-refractivity contribution in [2.75, 3.05) is 18.5 Å². The minimum atomic E-state index is -0.681. The molecule has 3 heteroatoms. The van der Waals surface area contributed by atoms with E-state index in [1.54, 1.807) is 0 Å². The molecule has 2 rings (SSSR count). The Morgan fingerprint density at radius 2 is 2.06 bits per heavy atom. The highest BCUT2D eigenvalue weighted by atomic mass is 16.3. The SMILES string of the molecule is OCC(O)CNc1cccc2c1CCCC2. The van der Waals surface area contributed by atoms with Crippen molar-refractivity contribution in [1.29, 1.82) is 0 Å². The van der Waals surface area contributed by atoms with E-state index < -0.39 is 6.10 Å². The van der Waals surface area contributed by atoms with Crippen LogP contribution < -0.4 is 5.32 Å². The van der Waals surface area contributed by atoms with Gasteiger partial charge in [-0.2, -0.15) is 0 Å². The first-order chi connectivity index (χ1) is 7.81. The molecule has 88 valence electrons. The van der Waals surface area contributed by atoms with E-state index in [1.807, 2.05) is 6.07 Å². The van der Waals surface area contributed by atoms with E-state index in [9.17, 15) is 5.11 Å². The second-order valence-electron chi connectivity index (χ2n) is 4.37. The number of nitrogens with one attached hydrogen (secondary N) is 1. The Bertz CT molecular complexity index is 352. The minimum Gasteiger partial charge on any atom is -0.394 e. The van der Waals surface area contributed by atoms with Gasteiger partial charge in [-0.3, -0.25) is 0 Å². The van der Waals surface area contributed by atoms with E-state index in [0.717, 1.165) is 18.5 Å². The predicted octanol–water partition coefficient (Wildman–Crippen LogP) is 1.33. The summed E-state index contributed by atoms with van der Waals surface area (Å²) in [6, 6.07) is 6.29. The van der Waals surface area contributed by atoms with Crippen molar-refractivity contribution >= 4 is 5.69 Å². The lowest BCUT2D eigenvalue weighted by Crippen LogP contribution is -2.23. The molecular formula is C13H19NO2. The lowest BCUT2D eigenvalue weighted by Gasteiger charge is -2.20. The number of aliphatic hydroxyl groups excluding tert-OH is 2. The first-order valence-electron chi connectivity index (χ1n) is 5.95. The van der Waals surface area contributed by atoms with Gasteiger partial charge in [-0.25, -0.2) is 0 Å². The number of hydrogen-bond donors (Lipinski definition) is 3. The maximum atomic E-state index is 9.31. The van der Waals surface area contributed by atoms with Crippen LogP contribution in [0.1, 0.15) is 24.0 Å². The van der Waals surface area contributed by atoms with Gasteiger partial charge in [0.1, 0.15) is 0 Å². The molecule has 0 aromatic heterocycles. The molecule has 0 saturated carbocycles. The van der Waals surface area contributed by atoms with Crippen LogP contribution in [0.2, 0.25) is 0 Å². The first kappa shape index (κ1) is 11.4. The van der Waals surface area contributed by atoms with Crippen molar-refractivity contribution in [2.24, 2.45) is 0 Å². The molecule has 0 aliphatic heterocycles. The maximum Gasteiger partial charge on any atom is 0.0942 e. The molecule has 3 nitrogen and oxygen atoms in total. The van der Waals surface area contributed by atoms with Gasteiger partial charge in [0, 0.05) is 12.2 Å². The lowest BCUT2D eigenvalue weighted by molar-refractivity contribution is 0.105. The van der Waals surface area contributed by atoms with Gasteiger partial charge in [-0.05, 0) is 42.9 Å². The first-order valence-corrected chi connectivity index (χ1v) is 5.95. The number of anilines is 1. The number of rotatable bonds is 4. The summed E-state index contributed by atoms with van der Waals surface area (Å²) in [6.45, 7) is 0.217. The molecule has 1 atom stereocenters. The summed E-state index contributed by atoms with van der Waals surface area (Å²) in [5.74, 6) is 0. The molecule has 0 heterocycles. The van der Waals surface area contributed by atoms with Crippen LogP contribution in [-0.2, 0) is 12.8 Å². The highest BCUT2D eigenvalue weighted by Gasteiger charge is 2.13. The van der Waals surface area contributed by atoms with Crippen molar-refractivity contribution in [3.8, 4) is 0 Å². The third-order valence-electron chi connectivity index (χ3n) is 3.13. The van der Waals surface area contributed by atoms with E-state index in [-0.39, 0.29) is 6.61 Å². The van der Waals surface area contributed by atoms with Crippen LogP contribution in [0.5, 0.6) is 0 Å². The summed E-state index contributed by atoms with van der Waals surface area (Å²) >= 11 is 0. The number of fused-ring (bicyclic) bond motifs is 1. The Morgan fingerprint density at radius 1 is 1.25 bits per heavy atom. The molecule has 0 fully saturated rings. The fourth-order valence-corrected chi connectivity index (χ4v) is 2.24. The van der Waals surface area contributed by atoms with Crippen LogP contribution in [0.15, 0.2) is 18.2 Å². The molecule has 0 saturated heterocycles. The Labute approximate surface area is 96.1 Å². The smallest absolute Gasteiger partial charge is 0.0942 e. The van der Waals surface area contributed by atoms with Gasteiger partial charge in [0.2, 0.25) is 0 Å². The van der Waals surface area contributed by atoms with Crippen molar-refractivity contribution in [3.05, 3.63) is 29.3 Å². The molecule has 1 aliphatic rings. The average molecular weight is 221 g/mol. The van der Waals surface area contributed by atoms with Crippen molar-refractivity contribution < 1.29 is 10.2 Å². The van der Waals surface area contributed by atoms with Gasteiger partial charge >= 0.3 is 0 Å².